The molecule has 0 aliphatic carbocycles. The fraction of sp³-hybridized carbons (Fsp3) is 0.647. The van der Waals surface area contributed by atoms with Crippen LogP contribution in [0.2, 0.25) is 0 Å². The molecule has 2 rings (SSSR count). The van der Waals surface area contributed by atoms with Crippen LogP contribution >= 0.6 is 0 Å². The number of piperidine rings is 1. The van der Waals surface area contributed by atoms with E-state index in [1.54, 1.807) is 38.5 Å². The zero-order valence-electron chi connectivity index (χ0n) is 14.5. The summed E-state index contributed by atoms with van der Waals surface area (Å²) in [6.45, 7) is 4.23. The van der Waals surface area contributed by atoms with Crippen molar-refractivity contribution in [1.82, 2.24) is 9.62 Å². The van der Waals surface area contributed by atoms with Crippen LogP contribution in [0, 0.1) is 5.92 Å². The van der Waals surface area contributed by atoms with Crippen LogP contribution in [0.3, 0.4) is 0 Å². The van der Waals surface area contributed by atoms with Crippen molar-refractivity contribution in [3.63, 3.8) is 0 Å². The Labute approximate surface area is 145 Å². The molecule has 24 heavy (non-hydrogen) atoms. The average Bonchev–Trinajstić information content (AvgIpc) is 2.59. The predicted molar refractivity (Wildman–Crippen MR) is 94.7 cm³/mol. The van der Waals surface area contributed by atoms with Crippen LogP contribution in [0.15, 0.2) is 24.3 Å². The lowest BCUT2D eigenvalue weighted by atomic mass is 9.97. The highest BCUT2D eigenvalue weighted by Crippen LogP contribution is 2.18. The SMILES string of the molecule is COCCN1CCC(CNS(=O)(=O)Cc2cccc(OC)c2)CC1. The number of likely N-dealkylation sites (tertiary alicyclic amines) is 1. The van der Waals surface area contributed by atoms with Gasteiger partial charge in [-0.05, 0) is 49.5 Å². The molecule has 1 aromatic rings. The Kier molecular flexibility index (Phi) is 7.48. The number of benzene rings is 1. The lowest BCUT2D eigenvalue weighted by Gasteiger charge is -2.31. The highest BCUT2D eigenvalue weighted by atomic mass is 32.2. The van der Waals surface area contributed by atoms with Crippen molar-refractivity contribution < 1.29 is 17.9 Å². The number of hydrogen-bond acceptors (Lipinski definition) is 5. The van der Waals surface area contributed by atoms with Gasteiger partial charge in [-0.25, -0.2) is 13.1 Å². The first-order chi connectivity index (χ1) is 11.5. The summed E-state index contributed by atoms with van der Waals surface area (Å²) >= 11 is 0. The molecule has 0 unspecified atom stereocenters. The minimum atomic E-state index is -3.33. The van der Waals surface area contributed by atoms with Crippen molar-refractivity contribution >= 4 is 10.0 Å². The van der Waals surface area contributed by atoms with Crippen LogP contribution in [-0.2, 0) is 20.5 Å². The van der Waals surface area contributed by atoms with E-state index in [1.807, 2.05) is 0 Å². The van der Waals surface area contributed by atoms with E-state index in [0.717, 1.165) is 44.6 Å². The molecule has 0 atom stereocenters. The Bertz CT molecular complexity index is 598. The quantitative estimate of drug-likeness (QED) is 0.726. The highest BCUT2D eigenvalue weighted by molar-refractivity contribution is 7.88. The Morgan fingerprint density at radius 2 is 2.00 bits per heavy atom. The maximum atomic E-state index is 12.3. The number of ether oxygens (including phenoxy) is 2. The maximum Gasteiger partial charge on any atom is 0.215 e. The third-order valence-electron chi connectivity index (χ3n) is 4.40. The van der Waals surface area contributed by atoms with Gasteiger partial charge in [-0.1, -0.05) is 12.1 Å². The van der Waals surface area contributed by atoms with E-state index in [-0.39, 0.29) is 5.75 Å². The van der Waals surface area contributed by atoms with Gasteiger partial charge in [0.25, 0.3) is 0 Å². The molecule has 1 N–H and O–H groups in total. The molecule has 1 saturated heterocycles. The van der Waals surface area contributed by atoms with Crippen LogP contribution in [-0.4, -0.2) is 60.3 Å². The number of rotatable bonds is 9. The summed E-state index contributed by atoms with van der Waals surface area (Å²) in [6.07, 6.45) is 2.04. The van der Waals surface area contributed by atoms with E-state index < -0.39 is 10.0 Å². The summed E-state index contributed by atoms with van der Waals surface area (Å²) in [6, 6.07) is 7.17. The van der Waals surface area contributed by atoms with Gasteiger partial charge in [-0.2, -0.15) is 0 Å². The van der Waals surface area contributed by atoms with Crippen LogP contribution in [0.4, 0.5) is 0 Å². The Morgan fingerprint density at radius 1 is 1.25 bits per heavy atom. The molecule has 0 radical (unpaired) electrons. The molecule has 136 valence electrons. The normalized spacial score (nSPS) is 17.1. The third-order valence-corrected chi connectivity index (χ3v) is 5.72. The molecule has 1 aliphatic rings. The number of nitrogens with one attached hydrogen (secondary N) is 1. The lowest BCUT2D eigenvalue weighted by molar-refractivity contribution is 0.121. The molecular formula is C17H28N2O4S. The van der Waals surface area contributed by atoms with Crippen molar-refractivity contribution in [2.45, 2.75) is 18.6 Å². The molecule has 0 spiro atoms. The summed E-state index contributed by atoms with van der Waals surface area (Å²) in [4.78, 5) is 2.37. The largest absolute Gasteiger partial charge is 0.497 e. The topological polar surface area (TPSA) is 67.9 Å². The zero-order chi connectivity index (χ0) is 17.4. The van der Waals surface area contributed by atoms with Crippen LogP contribution in [0.5, 0.6) is 5.75 Å². The predicted octanol–water partition coefficient (Wildman–Crippen LogP) is 1.47. The van der Waals surface area contributed by atoms with Crippen molar-refractivity contribution in [2.24, 2.45) is 5.92 Å². The fourth-order valence-corrected chi connectivity index (χ4v) is 4.12. The number of methoxy groups -OCH3 is 2. The van der Waals surface area contributed by atoms with E-state index in [9.17, 15) is 8.42 Å². The zero-order valence-corrected chi connectivity index (χ0v) is 15.3. The molecule has 6 nitrogen and oxygen atoms in total. The average molecular weight is 356 g/mol. The number of nitrogens with zero attached hydrogens (tertiary/aromatic N) is 1. The van der Waals surface area contributed by atoms with Crippen LogP contribution < -0.4 is 9.46 Å². The smallest absolute Gasteiger partial charge is 0.215 e. The van der Waals surface area contributed by atoms with Gasteiger partial charge >= 0.3 is 0 Å². The standard InChI is InChI=1S/C17H28N2O4S/c1-22-11-10-19-8-6-15(7-9-19)13-18-24(20,21)14-16-4-3-5-17(12-16)23-2/h3-5,12,15,18H,6-11,13-14H2,1-2H3. The monoisotopic (exact) mass is 356 g/mol. The van der Waals surface area contributed by atoms with E-state index >= 15 is 0 Å². The first kappa shape index (κ1) is 19.2. The van der Waals surface area contributed by atoms with Gasteiger partial charge < -0.3 is 14.4 Å². The van der Waals surface area contributed by atoms with Gasteiger partial charge in [0.1, 0.15) is 5.75 Å². The number of hydrogen-bond donors (Lipinski definition) is 1. The summed E-state index contributed by atoms with van der Waals surface area (Å²) in [5.74, 6) is 1.06. The van der Waals surface area contributed by atoms with E-state index in [1.165, 1.54) is 0 Å². The van der Waals surface area contributed by atoms with E-state index in [2.05, 4.69) is 9.62 Å². The second-order valence-electron chi connectivity index (χ2n) is 6.24. The minimum absolute atomic E-state index is 0.0170. The molecule has 1 heterocycles. The Hall–Kier alpha value is -1.15. The first-order valence-electron chi connectivity index (χ1n) is 8.34. The van der Waals surface area contributed by atoms with Gasteiger partial charge in [-0.15, -0.1) is 0 Å². The third kappa shape index (κ3) is 6.39. The van der Waals surface area contributed by atoms with Crippen molar-refractivity contribution in [1.29, 1.82) is 0 Å². The van der Waals surface area contributed by atoms with Crippen LogP contribution in [0.25, 0.3) is 0 Å². The van der Waals surface area contributed by atoms with Gasteiger partial charge in [-0.3, -0.25) is 0 Å². The minimum Gasteiger partial charge on any atom is -0.497 e. The second kappa shape index (κ2) is 9.36. The molecule has 0 bridgehead atoms. The molecule has 1 aliphatic heterocycles. The fourth-order valence-electron chi connectivity index (χ4n) is 2.91. The van der Waals surface area contributed by atoms with E-state index in [0.29, 0.717) is 18.2 Å². The van der Waals surface area contributed by atoms with Gasteiger partial charge in [0.05, 0.1) is 19.5 Å². The van der Waals surface area contributed by atoms with E-state index in [4.69, 9.17) is 9.47 Å². The first-order valence-corrected chi connectivity index (χ1v) is 9.99. The van der Waals surface area contributed by atoms with Crippen molar-refractivity contribution in [2.75, 3.05) is 47.0 Å². The Morgan fingerprint density at radius 3 is 2.67 bits per heavy atom. The maximum absolute atomic E-state index is 12.3. The van der Waals surface area contributed by atoms with Crippen molar-refractivity contribution in [3.8, 4) is 5.75 Å². The summed E-state index contributed by atoms with van der Waals surface area (Å²) in [5.41, 5.74) is 0.733. The van der Waals surface area contributed by atoms with Gasteiger partial charge in [0.15, 0.2) is 0 Å². The summed E-state index contributed by atoms with van der Waals surface area (Å²) < 4.78 is 37.5. The molecule has 7 heteroatoms. The number of sulfonamides is 1. The Balaban J connectivity index is 1.76. The highest BCUT2D eigenvalue weighted by Gasteiger charge is 2.21. The molecular weight excluding hydrogens is 328 g/mol. The molecule has 1 aromatic carbocycles. The molecule has 0 aromatic heterocycles. The molecule has 0 amide bonds. The second-order valence-corrected chi connectivity index (χ2v) is 8.04. The summed E-state index contributed by atoms with van der Waals surface area (Å²) in [5, 5.41) is 0. The van der Waals surface area contributed by atoms with Crippen molar-refractivity contribution in [3.05, 3.63) is 29.8 Å². The van der Waals surface area contributed by atoms with Gasteiger partial charge in [0.2, 0.25) is 10.0 Å². The lowest BCUT2D eigenvalue weighted by Crippen LogP contribution is -2.40. The van der Waals surface area contributed by atoms with Gasteiger partial charge in [0, 0.05) is 20.2 Å². The summed E-state index contributed by atoms with van der Waals surface area (Å²) in [7, 11) is -0.0394. The van der Waals surface area contributed by atoms with Crippen LogP contribution in [0.1, 0.15) is 18.4 Å². The molecule has 1 fully saturated rings. The molecule has 0 saturated carbocycles.